The zero-order valence-electron chi connectivity index (χ0n) is 9.66. The standard InChI is InChI=1S/C14H8BrClFNO/c15-11-6-9(7-16)4-5-14(11)19-13-3-1-2-12(17)10(13)8-18/h1-6H,7H2. The number of hydrogen-bond acceptors (Lipinski definition) is 2. The van der Waals surface area contributed by atoms with E-state index in [9.17, 15) is 4.39 Å². The molecule has 0 radical (unpaired) electrons. The maximum atomic E-state index is 13.4. The molecule has 0 heterocycles. The van der Waals surface area contributed by atoms with Gasteiger partial charge >= 0.3 is 0 Å². The van der Waals surface area contributed by atoms with Gasteiger partial charge in [-0.2, -0.15) is 5.26 Å². The summed E-state index contributed by atoms with van der Waals surface area (Å²) in [6.07, 6.45) is 0. The third-order valence-electron chi connectivity index (χ3n) is 2.46. The van der Waals surface area contributed by atoms with E-state index in [4.69, 9.17) is 21.6 Å². The highest BCUT2D eigenvalue weighted by Gasteiger charge is 2.11. The number of benzene rings is 2. The molecular formula is C14H8BrClFNO. The lowest BCUT2D eigenvalue weighted by atomic mass is 10.2. The van der Waals surface area contributed by atoms with Crippen LogP contribution in [-0.2, 0) is 5.88 Å². The van der Waals surface area contributed by atoms with Crippen LogP contribution in [0.5, 0.6) is 11.5 Å². The van der Waals surface area contributed by atoms with Gasteiger partial charge in [-0.25, -0.2) is 4.39 Å². The molecule has 0 fully saturated rings. The Bertz CT molecular complexity index is 654. The van der Waals surface area contributed by atoms with Crippen LogP contribution < -0.4 is 4.74 Å². The smallest absolute Gasteiger partial charge is 0.148 e. The molecule has 0 N–H and O–H groups in total. The van der Waals surface area contributed by atoms with Gasteiger partial charge in [0.15, 0.2) is 0 Å². The SMILES string of the molecule is N#Cc1c(F)cccc1Oc1ccc(CCl)cc1Br. The highest BCUT2D eigenvalue weighted by molar-refractivity contribution is 9.10. The molecule has 0 saturated carbocycles. The van der Waals surface area contributed by atoms with Crippen molar-refractivity contribution in [3.05, 3.63) is 57.8 Å². The van der Waals surface area contributed by atoms with Crippen molar-refractivity contribution in [1.82, 2.24) is 0 Å². The third-order valence-corrected chi connectivity index (χ3v) is 3.39. The van der Waals surface area contributed by atoms with Crippen molar-refractivity contribution in [2.24, 2.45) is 0 Å². The molecule has 0 bridgehead atoms. The molecule has 0 aliphatic rings. The Hall–Kier alpha value is -1.57. The van der Waals surface area contributed by atoms with Crippen molar-refractivity contribution in [1.29, 1.82) is 5.26 Å². The first-order valence-electron chi connectivity index (χ1n) is 5.36. The van der Waals surface area contributed by atoms with Crippen molar-refractivity contribution in [2.75, 3.05) is 0 Å². The van der Waals surface area contributed by atoms with E-state index in [-0.39, 0.29) is 11.3 Å². The fourth-order valence-corrected chi connectivity index (χ4v) is 2.20. The summed E-state index contributed by atoms with van der Waals surface area (Å²) in [7, 11) is 0. The van der Waals surface area contributed by atoms with Crippen LogP contribution in [0.1, 0.15) is 11.1 Å². The molecule has 2 aromatic rings. The van der Waals surface area contributed by atoms with Gasteiger partial charge in [-0.05, 0) is 45.8 Å². The Balaban J connectivity index is 2.37. The minimum atomic E-state index is -0.603. The van der Waals surface area contributed by atoms with Crippen molar-refractivity contribution in [2.45, 2.75) is 5.88 Å². The Morgan fingerprint density at radius 1 is 1.26 bits per heavy atom. The van der Waals surface area contributed by atoms with E-state index in [1.165, 1.54) is 12.1 Å². The molecule has 0 unspecified atom stereocenters. The number of alkyl halides is 1. The maximum absolute atomic E-state index is 13.4. The fraction of sp³-hybridized carbons (Fsp3) is 0.0714. The average Bonchev–Trinajstić information content (AvgIpc) is 2.41. The molecule has 5 heteroatoms. The lowest BCUT2D eigenvalue weighted by Crippen LogP contribution is -1.92. The third kappa shape index (κ3) is 3.06. The van der Waals surface area contributed by atoms with Crippen LogP contribution >= 0.6 is 27.5 Å². The van der Waals surface area contributed by atoms with Crippen LogP contribution in [0.15, 0.2) is 40.9 Å². The number of halogens is 3. The van der Waals surface area contributed by atoms with E-state index in [1.807, 2.05) is 6.07 Å². The highest BCUT2D eigenvalue weighted by atomic mass is 79.9. The Kier molecular flexibility index (Phi) is 4.41. The first kappa shape index (κ1) is 13.9. The Labute approximate surface area is 123 Å². The molecule has 0 aromatic heterocycles. The van der Waals surface area contributed by atoms with E-state index in [2.05, 4.69) is 15.9 Å². The largest absolute Gasteiger partial charge is 0.455 e. The van der Waals surface area contributed by atoms with Crippen LogP contribution in [0, 0.1) is 17.1 Å². The summed E-state index contributed by atoms with van der Waals surface area (Å²) in [6, 6.07) is 11.4. The number of ether oxygens (including phenoxy) is 1. The van der Waals surface area contributed by atoms with Crippen molar-refractivity contribution in [3.63, 3.8) is 0 Å². The summed E-state index contributed by atoms with van der Waals surface area (Å²) in [5.74, 6) is 0.466. The van der Waals surface area contributed by atoms with E-state index >= 15 is 0 Å². The Morgan fingerprint density at radius 3 is 2.68 bits per heavy atom. The normalized spacial score (nSPS) is 10.0. The minimum absolute atomic E-state index is 0.115. The Morgan fingerprint density at radius 2 is 2.05 bits per heavy atom. The van der Waals surface area contributed by atoms with Crippen LogP contribution in [0.25, 0.3) is 0 Å². The first-order chi connectivity index (χ1) is 9.15. The predicted octanol–water partition coefficient (Wildman–Crippen LogP) is 4.99. The minimum Gasteiger partial charge on any atom is -0.455 e. The first-order valence-corrected chi connectivity index (χ1v) is 6.69. The maximum Gasteiger partial charge on any atom is 0.148 e. The summed E-state index contributed by atoms with van der Waals surface area (Å²) in [5, 5.41) is 8.93. The quantitative estimate of drug-likeness (QED) is 0.737. The van der Waals surface area contributed by atoms with E-state index in [0.717, 1.165) is 5.56 Å². The van der Waals surface area contributed by atoms with E-state index in [1.54, 1.807) is 24.3 Å². The van der Waals surface area contributed by atoms with Crippen LogP contribution in [0.2, 0.25) is 0 Å². The van der Waals surface area contributed by atoms with Crippen molar-refractivity contribution < 1.29 is 9.13 Å². The predicted molar refractivity (Wildman–Crippen MR) is 74.9 cm³/mol. The van der Waals surface area contributed by atoms with Gasteiger partial charge in [0.1, 0.15) is 28.9 Å². The molecule has 0 aliphatic heterocycles. The molecule has 0 amide bonds. The van der Waals surface area contributed by atoms with Gasteiger partial charge in [0.05, 0.1) is 4.47 Å². The molecule has 2 aromatic carbocycles. The summed E-state index contributed by atoms with van der Waals surface area (Å²) in [4.78, 5) is 0. The van der Waals surface area contributed by atoms with Gasteiger partial charge in [-0.1, -0.05) is 12.1 Å². The molecule has 0 atom stereocenters. The number of nitriles is 1. The molecule has 0 saturated heterocycles. The second kappa shape index (κ2) is 6.05. The van der Waals surface area contributed by atoms with Crippen molar-refractivity contribution >= 4 is 27.5 Å². The average molecular weight is 341 g/mol. The zero-order valence-corrected chi connectivity index (χ0v) is 12.0. The number of hydrogen-bond donors (Lipinski definition) is 0. The molecule has 0 aliphatic carbocycles. The fourth-order valence-electron chi connectivity index (χ4n) is 1.53. The van der Waals surface area contributed by atoms with Gasteiger partial charge in [-0.15, -0.1) is 11.6 Å². The van der Waals surface area contributed by atoms with Crippen LogP contribution in [0.3, 0.4) is 0 Å². The van der Waals surface area contributed by atoms with Gasteiger partial charge in [0.2, 0.25) is 0 Å². The van der Waals surface area contributed by atoms with E-state index < -0.39 is 5.82 Å². The van der Waals surface area contributed by atoms with Crippen LogP contribution in [-0.4, -0.2) is 0 Å². The second-order valence-corrected chi connectivity index (χ2v) is 4.85. The van der Waals surface area contributed by atoms with Crippen LogP contribution in [0.4, 0.5) is 4.39 Å². The van der Waals surface area contributed by atoms with E-state index in [0.29, 0.717) is 16.1 Å². The molecule has 96 valence electrons. The van der Waals surface area contributed by atoms with Gasteiger partial charge in [0.25, 0.3) is 0 Å². The zero-order chi connectivity index (χ0) is 13.8. The number of nitrogens with zero attached hydrogens (tertiary/aromatic N) is 1. The van der Waals surface area contributed by atoms with Gasteiger partial charge in [-0.3, -0.25) is 0 Å². The highest BCUT2D eigenvalue weighted by Crippen LogP contribution is 2.33. The molecule has 2 nitrogen and oxygen atoms in total. The summed E-state index contributed by atoms with van der Waals surface area (Å²) < 4.78 is 19.7. The topological polar surface area (TPSA) is 33.0 Å². The lowest BCUT2D eigenvalue weighted by Gasteiger charge is -2.10. The second-order valence-electron chi connectivity index (χ2n) is 3.73. The van der Waals surface area contributed by atoms with Gasteiger partial charge < -0.3 is 4.74 Å². The molecule has 2 rings (SSSR count). The molecule has 19 heavy (non-hydrogen) atoms. The summed E-state index contributed by atoms with van der Waals surface area (Å²) >= 11 is 9.08. The van der Waals surface area contributed by atoms with Gasteiger partial charge in [0, 0.05) is 5.88 Å². The number of rotatable bonds is 3. The summed E-state index contributed by atoms with van der Waals surface area (Å²) in [5.41, 5.74) is 0.816. The monoisotopic (exact) mass is 339 g/mol. The molecular weight excluding hydrogens is 333 g/mol. The van der Waals surface area contributed by atoms with Crippen molar-refractivity contribution in [3.8, 4) is 17.6 Å². The summed E-state index contributed by atoms with van der Waals surface area (Å²) in [6.45, 7) is 0. The lowest BCUT2D eigenvalue weighted by molar-refractivity contribution is 0.471. The molecule has 0 spiro atoms.